The van der Waals surface area contributed by atoms with Gasteiger partial charge in [-0.3, -0.25) is 9.88 Å². The Morgan fingerprint density at radius 2 is 2.00 bits per heavy atom. The summed E-state index contributed by atoms with van der Waals surface area (Å²) in [6.45, 7) is 9.60. The smallest absolute Gasteiger partial charge is 0.0547 e. The van der Waals surface area contributed by atoms with Crippen LogP contribution in [0.25, 0.3) is 0 Å². The van der Waals surface area contributed by atoms with E-state index in [1.54, 1.807) is 0 Å². The van der Waals surface area contributed by atoms with Crippen LogP contribution >= 0.6 is 0 Å². The highest BCUT2D eigenvalue weighted by Gasteiger charge is 2.20. The lowest BCUT2D eigenvalue weighted by Crippen LogP contribution is -2.41. The number of anilines is 1. The molecule has 0 aliphatic carbocycles. The minimum atomic E-state index is 0.524. The Hall–Kier alpha value is -1.87. The monoisotopic (exact) mass is 309 g/mol. The summed E-state index contributed by atoms with van der Waals surface area (Å²) in [6.07, 6.45) is 2.49. The zero-order valence-electron chi connectivity index (χ0n) is 14.5. The van der Waals surface area contributed by atoms with Crippen LogP contribution in [0.2, 0.25) is 0 Å². The van der Waals surface area contributed by atoms with Crippen LogP contribution in [-0.2, 0) is 6.54 Å². The number of benzene rings is 1. The van der Waals surface area contributed by atoms with Crippen molar-refractivity contribution in [3.05, 3.63) is 58.9 Å². The van der Waals surface area contributed by atoms with Crippen LogP contribution in [-0.4, -0.2) is 29.0 Å². The normalized spacial score (nSPS) is 18.8. The molecule has 3 rings (SSSR count). The molecule has 1 aromatic carbocycles. The Morgan fingerprint density at radius 3 is 2.78 bits per heavy atom. The van der Waals surface area contributed by atoms with E-state index in [0.29, 0.717) is 6.04 Å². The number of rotatable bonds is 4. The van der Waals surface area contributed by atoms with Crippen molar-refractivity contribution in [2.45, 2.75) is 46.2 Å². The van der Waals surface area contributed by atoms with Gasteiger partial charge in [0.05, 0.1) is 5.69 Å². The summed E-state index contributed by atoms with van der Waals surface area (Å²) in [4.78, 5) is 7.15. The number of hydrogen-bond acceptors (Lipinski definition) is 3. The first-order chi connectivity index (χ1) is 11.1. The fraction of sp³-hybridized carbons (Fsp3) is 0.450. The van der Waals surface area contributed by atoms with E-state index >= 15 is 0 Å². The van der Waals surface area contributed by atoms with Gasteiger partial charge in [0.1, 0.15) is 0 Å². The Bertz CT molecular complexity index is 666. The van der Waals surface area contributed by atoms with Crippen molar-refractivity contribution in [2.75, 3.05) is 18.4 Å². The first kappa shape index (κ1) is 16.0. The number of aryl methyl sites for hydroxylation is 3. The van der Waals surface area contributed by atoms with Gasteiger partial charge in [-0.05, 0) is 75.5 Å². The van der Waals surface area contributed by atoms with Crippen molar-refractivity contribution in [1.82, 2.24) is 9.88 Å². The summed E-state index contributed by atoms with van der Waals surface area (Å²) in [7, 11) is 0. The highest BCUT2D eigenvalue weighted by Crippen LogP contribution is 2.20. The first-order valence-corrected chi connectivity index (χ1v) is 8.59. The predicted octanol–water partition coefficient (Wildman–Crippen LogP) is 4.08. The van der Waals surface area contributed by atoms with Crippen LogP contribution < -0.4 is 5.32 Å². The van der Waals surface area contributed by atoms with Crippen LogP contribution in [0.4, 0.5) is 5.69 Å². The second-order valence-electron chi connectivity index (χ2n) is 6.79. The van der Waals surface area contributed by atoms with Gasteiger partial charge in [-0.15, -0.1) is 0 Å². The standard InChI is InChI=1S/C20H27N3/c1-15-9-10-18(12-16(15)2)22-20-8-5-11-23(14-20)13-19-7-4-6-17(3)21-19/h4,6-7,9-10,12,20,22H,5,8,11,13-14H2,1-3H3. The van der Waals surface area contributed by atoms with Crippen LogP contribution in [0.15, 0.2) is 36.4 Å². The third-order valence-corrected chi connectivity index (χ3v) is 4.71. The average Bonchev–Trinajstić information content (AvgIpc) is 2.51. The molecule has 1 atom stereocenters. The number of nitrogens with zero attached hydrogens (tertiary/aromatic N) is 2. The second kappa shape index (κ2) is 7.14. The van der Waals surface area contributed by atoms with Gasteiger partial charge in [0.15, 0.2) is 0 Å². The van der Waals surface area contributed by atoms with E-state index in [4.69, 9.17) is 0 Å². The van der Waals surface area contributed by atoms with Crippen LogP contribution in [0.3, 0.4) is 0 Å². The number of piperidine rings is 1. The predicted molar refractivity (Wildman–Crippen MR) is 96.8 cm³/mol. The summed E-state index contributed by atoms with van der Waals surface area (Å²) in [6, 6.07) is 13.5. The van der Waals surface area contributed by atoms with Crippen molar-refractivity contribution in [3.63, 3.8) is 0 Å². The summed E-state index contributed by atoms with van der Waals surface area (Å²) < 4.78 is 0. The molecular weight excluding hydrogens is 282 g/mol. The van der Waals surface area contributed by atoms with Crippen LogP contribution in [0.5, 0.6) is 0 Å². The third kappa shape index (κ3) is 4.32. The van der Waals surface area contributed by atoms with Crippen LogP contribution in [0.1, 0.15) is 35.4 Å². The molecule has 122 valence electrons. The zero-order valence-corrected chi connectivity index (χ0v) is 14.5. The second-order valence-corrected chi connectivity index (χ2v) is 6.79. The Labute approximate surface area is 139 Å². The van der Waals surface area contributed by atoms with Crippen molar-refractivity contribution < 1.29 is 0 Å². The minimum Gasteiger partial charge on any atom is -0.381 e. The lowest BCUT2D eigenvalue weighted by Gasteiger charge is -2.33. The molecule has 23 heavy (non-hydrogen) atoms. The summed E-state index contributed by atoms with van der Waals surface area (Å²) in [5.41, 5.74) is 6.23. The number of hydrogen-bond donors (Lipinski definition) is 1. The van der Waals surface area contributed by atoms with Gasteiger partial charge in [-0.2, -0.15) is 0 Å². The molecule has 1 aliphatic rings. The largest absolute Gasteiger partial charge is 0.381 e. The number of pyridine rings is 1. The van der Waals surface area contributed by atoms with E-state index in [0.717, 1.165) is 18.8 Å². The number of nitrogens with one attached hydrogen (secondary N) is 1. The maximum Gasteiger partial charge on any atom is 0.0547 e. The van der Waals surface area contributed by atoms with Crippen molar-refractivity contribution in [3.8, 4) is 0 Å². The summed E-state index contributed by atoms with van der Waals surface area (Å²) >= 11 is 0. The molecule has 1 aliphatic heterocycles. The Balaban J connectivity index is 1.60. The topological polar surface area (TPSA) is 28.2 Å². The van der Waals surface area contributed by atoms with Gasteiger partial charge in [-0.1, -0.05) is 12.1 Å². The molecule has 0 radical (unpaired) electrons. The molecule has 1 fully saturated rings. The quantitative estimate of drug-likeness (QED) is 0.922. The maximum absolute atomic E-state index is 4.64. The van der Waals surface area contributed by atoms with Crippen molar-refractivity contribution in [2.24, 2.45) is 0 Å². The molecule has 2 heterocycles. The molecule has 3 heteroatoms. The van der Waals surface area contributed by atoms with Gasteiger partial charge in [-0.25, -0.2) is 0 Å². The maximum atomic E-state index is 4.64. The van der Waals surface area contributed by atoms with Crippen LogP contribution in [0, 0.1) is 20.8 Å². The van der Waals surface area contributed by atoms with E-state index in [1.165, 1.54) is 41.9 Å². The summed E-state index contributed by atoms with van der Waals surface area (Å²) in [5.74, 6) is 0. The van der Waals surface area contributed by atoms with E-state index in [-0.39, 0.29) is 0 Å². The van der Waals surface area contributed by atoms with E-state index in [2.05, 4.69) is 72.4 Å². The fourth-order valence-electron chi connectivity index (χ4n) is 3.30. The molecule has 1 N–H and O–H groups in total. The van der Waals surface area contributed by atoms with Gasteiger partial charge in [0, 0.05) is 30.5 Å². The Morgan fingerprint density at radius 1 is 1.13 bits per heavy atom. The molecule has 3 nitrogen and oxygen atoms in total. The number of likely N-dealkylation sites (tertiary alicyclic amines) is 1. The highest BCUT2D eigenvalue weighted by atomic mass is 15.2. The van der Waals surface area contributed by atoms with E-state index in [9.17, 15) is 0 Å². The minimum absolute atomic E-state index is 0.524. The molecular formula is C20H27N3. The van der Waals surface area contributed by atoms with Gasteiger partial charge in [0.2, 0.25) is 0 Å². The van der Waals surface area contributed by atoms with Gasteiger partial charge >= 0.3 is 0 Å². The lowest BCUT2D eigenvalue weighted by atomic mass is 10.0. The van der Waals surface area contributed by atoms with Gasteiger partial charge < -0.3 is 5.32 Å². The molecule has 0 saturated carbocycles. The molecule has 2 aromatic rings. The molecule has 0 spiro atoms. The number of aromatic nitrogens is 1. The van der Waals surface area contributed by atoms with E-state index < -0.39 is 0 Å². The SMILES string of the molecule is Cc1cccc(CN2CCCC(Nc3ccc(C)c(C)c3)C2)n1. The highest BCUT2D eigenvalue weighted by molar-refractivity contribution is 5.48. The average molecular weight is 309 g/mol. The van der Waals surface area contributed by atoms with Gasteiger partial charge in [0.25, 0.3) is 0 Å². The molecule has 1 unspecified atom stereocenters. The fourth-order valence-corrected chi connectivity index (χ4v) is 3.30. The van der Waals surface area contributed by atoms with Crippen molar-refractivity contribution >= 4 is 5.69 Å². The zero-order chi connectivity index (χ0) is 16.2. The molecule has 1 saturated heterocycles. The molecule has 0 amide bonds. The first-order valence-electron chi connectivity index (χ1n) is 8.59. The van der Waals surface area contributed by atoms with E-state index in [1.807, 2.05) is 0 Å². The van der Waals surface area contributed by atoms with Crippen molar-refractivity contribution in [1.29, 1.82) is 0 Å². The summed E-state index contributed by atoms with van der Waals surface area (Å²) in [5, 5.41) is 3.71. The molecule has 0 bridgehead atoms. The lowest BCUT2D eigenvalue weighted by molar-refractivity contribution is 0.206. The third-order valence-electron chi connectivity index (χ3n) is 4.71. The Kier molecular flexibility index (Phi) is 4.97. The molecule has 1 aromatic heterocycles.